The molecule has 1 rings (SSSR count). The zero-order chi connectivity index (χ0) is 16.0. The lowest BCUT2D eigenvalue weighted by Gasteiger charge is -2.18. The van der Waals surface area contributed by atoms with Gasteiger partial charge in [0.2, 0.25) is 0 Å². The van der Waals surface area contributed by atoms with Crippen molar-refractivity contribution in [2.45, 2.75) is 12.2 Å². The average Bonchev–Trinajstić information content (AvgIpc) is 2.41. The molecule has 0 amide bonds. The third kappa shape index (κ3) is 4.98. The van der Waals surface area contributed by atoms with Gasteiger partial charge >= 0.3 is 12.1 Å². The first-order valence-electron chi connectivity index (χ1n) is 5.97. The maximum atomic E-state index is 13.4. The molecule has 21 heavy (non-hydrogen) atoms. The molecule has 118 valence electrons. The summed E-state index contributed by atoms with van der Waals surface area (Å²) < 4.78 is 60.7. The van der Waals surface area contributed by atoms with E-state index in [-0.39, 0.29) is 18.7 Å². The minimum absolute atomic E-state index is 0.162. The van der Waals surface area contributed by atoms with Gasteiger partial charge in [0.25, 0.3) is 0 Å². The molecule has 0 saturated heterocycles. The molecule has 0 fully saturated rings. The van der Waals surface area contributed by atoms with Gasteiger partial charge in [0.15, 0.2) is 0 Å². The Bertz CT molecular complexity index is 491. The molecule has 1 aromatic carbocycles. The fourth-order valence-corrected chi connectivity index (χ4v) is 1.70. The fourth-order valence-electron chi connectivity index (χ4n) is 1.70. The standard InChI is InChI=1S/C13H15F4NO3/c1-20-4-3-18-11(12(19)21-2)8-5-9(13(15,16)17)7-10(14)6-8/h5-7,11,18H,3-4H2,1-2H3. The summed E-state index contributed by atoms with van der Waals surface area (Å²) in [6.07, 6.45) is -4.70. The van der Waals surface area contributed by atoms with Gasteiger partial charge in [0.05, 0.1) is 19.3 Å². The maximum Gasteiger partial charge on any atom is 0.416 e. The third-order valence-electron chi connectivity index (χ3n) is 2.67. The highest BCUT2D eigenvalue weighted by atomic mass is 19.4. The number of halogens is 4. The van der Waals surface area contributed by atoms with Crippen LogP contribution in [0.25, 0.3) is 0 Å². The van der Waals surface area contributed by atoms with Crippen LogP contribution in [0.4, 0.5) is 17.6 Å². The van der Waals surface area contributed by atoms with E-state index in [2.05, 4.69) is 10.1 Å². The van der Waals surface area contributed by atoms with Crippen LogP contribution < -0.4 is 5.32 Å². The van der Waals surface area contributed by atoms with Crippen molar-refractivity contribution >= 4 is 5.97 Å². The van der Waals surface area contributed by atoms with E-state index < -0.39 is 29.6 Å². The number of alkyl halides is 3. The zero-order valence-electron chi connectivity index (χ0n) is 11.5. The Balaban J connectivity index is 3.11. The van der Waals surface area contributed by atoms with Gasteiger partial charge in [-0.25, -0.2) is 9.18 Å². The number of rotatable bonds is 6. The molecule has 8 heteroatoms. The monoisotopic (exact) mass is 309 g/mol. The van der Waals surface area contributed by atoms with E-state index in [1.165, 1.54) is 7.11 Å². The smallest absolute Gasteiger partial charge is 0.416 e. The lowest BCUT2D eigenvalue weighted by Crippen LogP contribution is -2.32. The molecule has 0 aliphatic heterocycles. The summed E-state index contributed by atoms with van der Waals surface area (Å²) in [7, 11) is 2.52. The third-order valence-corrected chi connectivity index (χ3v) is 2.67. The molecule has 0 bridgehead atoms. The lowest BCUT2D eigenvalue weighted by atomic mass is 10.0. The molecule has 0 aromatic heterocycles. The first-order chi connectivity index (χ1) is 9.79. The van der Waals surface area contributed by atoms with Crippen LogP contribution in [-0.4, -0.2) is 33.3 Å². The van der Waals surface area contributed by atoms with Gasteiger partial charge in [0.1, 0.15) is 11.9 Å². The van der Waals surface area contributed by atoms with Crippen LogP contribution in [0.2, 0.25) is 0 Å². The van der Waals surface area contributed by atoms with E-state index >= 15 is 0 Å². The van der Waals surface area contributed by atoms with Crippen LogP contribution in [0.15, 0.2) is 18.2 Å². The summed E-state index contributed by atoms with van der Waals surface area (Å²) in [6, 6.07) is 0.732. The number of hydrogen-bond donors (Lipinski definition) is 1. The van der Waals surface area contributed by atoms with E-state index in [0.717, 1.165) is 13.2 Å². The van der Waals surface area contributed by atoms with Crippen molar-refractivity contribution in [3.8, 4) is 0 Å². The van der Waals surface area contributed by atoms with Crippen molar-refractivity contribution in [3.63, 3.8) is 0 Å². The van der Waals surface area contributed by atoms with Crippen LogP contribution in [0.3, 0.4) is 0 Å². The number of hydrogen-bond acceptors (Lipinski definition) is 4. The Morgan fingerprint density at radius 2 is 1.95 bits per heavy atom. The summed E-state index contributed by atoms with van der Waals surface area (Å²) in [5.41, 5.74) is -1.33. The molecule has 0 spiro atoms. The normalized spacial score (nSPS) is 13.0. The molecular formula is C13H15F4NO3. The Hall–Kier alpha value is -1.67. The predicted octanol–water partition coefficient (Wildman–Crippen LogP) is 2.29. The van der Waals surface area contributed by atoms with Crippen LogP contribution in [-0.2, 0) is 20.4 Å². The van der Waals surface area contributed by atoms with Crippen LogP contribution in [0, 0.1) is 5.82 Å². The number of benzene rings is 1. The van der Waals surface area contributed by atoms with Crippen molar-refractivity contribution < 1.29 is 31.8 Å². The van der Waals surface area contributed by atoms with Crippen LogP contribution in [0.5, 0.6) is 0 Å². The van der Waals surface area contributed by atoms with Crippen molar-refractivity contribution in [2.75, 3.05) is 27.4 Å². The summed E-state index contributed by atoms with van der Waals surface area (Å²) >= 11 is 0. The molecule has 1 aromatic rings. The highest BCUT2D eigenvalue weighted by Gasteiger charge is 2.33. The summed E-state index contributed by atoms with van der Waals surface area (Å²) in [4.78, 5) is 11.6. The molecule has 0 heterocycles. The molecule has 0 aliphatic carbocycles. The van der Waals surface area contributed by atoms with E-state index in [9.17, 15) is 22.4 Å². The number of methoxy groups -OCH3 is 2. The second kappa shape index (κ2) is 7.37. The van der Waals surface area contributed by atoms with Gasteiger partial charge < -0.3 is 9.47 Å². The minimum Gasteiger partial charge on any atom is -0.468 e. The number of esters is 1. The minimum atomic E-state index is -4.70. The van der Waals surface area contributed by atoms with Crippen molar-refractivity contribution in [2.24, 2.45) is 0 Å². The van der Waals surface area contributed by atoms with Gasteiger partial charge in [-0.05, 0) is 23.8 Å². The zero-order valence-corrected chi connectivity index (χ0v) is 11.5. The van der Waals surface area contributed by atoms with E-state index in [0.29, 0.717) is 12.1 Å². The van der Waals surface area contributed by atoms with Crippen LogP contribution >= 0.6 is 0 Å². The average molecular weight is 309 g/mol. The number of ether oxygens (including phenoxy) is 2. The molecule has 1 unspecified atom stereocenters. The van der Waals surface area contributed by atoms with Gasteiger partial charge in [-0.2, -0.15) is 13.2 Å². The number of carbonyl (C=O) groups excluding carboxylic acids is 1. The van der Waals surface area contributed by atoms with Gasteiger partial charge in [-0.3, -0.25) is 5.32 Å². The summed E-state index contributed by atoms with van der Waals surface area (Å²) in [5.74, 6) is -1.90. The Morgan fingerprint density at radius 1 is 1.29 bits per heavy atom. The van der Waals surface area contributed by atoms with E-state index in [1.54, 1.807) is 0 Å². The SMILES string of the molecule is COCCNC(C(=O)OC)c1cc(F)cc(C(F)(F)F)c1. The molecule has 4 nitrogen and oxygen atoms in total. The summed E-state index contributed by atoms with van der Waals surface area (Å²) in [6.45, 7) is 0.420. The highest BCUT2D eigenvalue weighted by molar-refractivity contribution is 5.77. The maximum absolute atomic E-state index is 13.4. The van der Waals surface area contributed by atoms with Crippen molar-refractivity contribution in [1.29, 1.82) is 0 Å². The Kier molecular flexibility index (Phi) is 6.10. The first kappa shape index (κ1) is 17.4. The van der Waals surface area contributed by atoms with Gasteiger partial charge in [0, 0.05) is 13.7 Å². The number of carbonyl (C=O) groups is 1. The molecule has 0 saturated carbocycles. The summed E-state index contributed by atoms with van der Waals surface area (Å²) in [5, 5.41) is 2.66. The number of nitrogens with one attached hydrogen (secondary N) is 1. The van der Waals surface area contributed by atoms with Crippen LogP contribution in [0.1, 0.15) is 17.2 Å². The molecular weight excluding hydrogens is 294 g/mol. The Morgan fingerprint density at radius 3 is 2.48 bits per heavy atom. The highest BCUT2D eigenvalue weighted by Crippen LogP contribution is 2.31. The molecule has 0 aliphatic rings. The lowest BCUT2D eigenvalue weighted by molar-refractivity contribution is -0.144. The van der Waals surface area contributed by atoms with E-state index in [4.69, 9.17) is 4.74 Å². The molecule has 1 N–H and O–H groups in total. The topological polar surface area (TPSA) is 47.6 Å². The van der Waals surface area contributed by atoms with Crippen molar-refractivity contribution in [1.82, 2.24) is 5.32 Å². The predicted molar refractivity (Wildman–Crippen MR) is 66.0 cm³/mol. The van der Waals surface area contributed by atoms with Gasteiger partial charge in [-0.15, -0.1) is 0 Å². The Labute approximate surface area is 119 Å². The fraction of sp³-hybridized carbons (Fsp3) is 0.462. The second-order valence-electron chi connectivity index (χ2n) is 4.17. The quantitative estimate of drug-likeness (QED) is 0.498. The van der Waals surface area contributed by atoms with E-state index in [1.807, 2.05) is 0 Å². The largest absolute Gasteiger partial charge is 0.468 e. The first-order valence-corrected chi connectivity index (χ1v) is 5.97. The van der Waals surface area contributed by atoms with Crippen molar-refractivity contribution in [3.05, 3.63) is 35.1 Å². The van der Waals surface area contributed by atoms with Gasteiger partial charge in [-0.1, -0.05) is 0 Å². The molecule has 0 radical (unpaired) electrons. The molecule has 1 atom stereocenters. The second-order valence-corrected chi connectivity index (χ2v) is 4.17.